The number of nitrogens with zero attached hydrogens (tertiary/aromatic N) is 4. The van der Waals surface area contributed by atoms with Gasteiger partial charge in [-0.05, 0) is 30.3 Å². The van der Waals surface area contributed by atoms with E-state index >= 15 is 0 Å². The number of amides is 1. The summed E-state index contributed by atoms with van der Waals surface area (Å²) in [5.41, 5.74) is 2.00. The number of hydrogen-bond acceptors (Lipinski definition) is 7. The largest absolute Gasteiger partial charge is 0.447 e. The van der Waals surface area contributed by atoms with Crippen molar-refractivity contribution in [1.82, 2.24) is 19.2 Å². The Labute approximate surface area is 177 Å². The van der Waals surface area contributed by atoms with Crippen LogP contribution in [0.25, 0.3) is 16.7 Å². The highest BCUT2D eigenvalue weighted by Crippen LogP contribution is 2.18. The summed E-state index contributed by atoms with van der Waals surface area (Å²) >= 11 is 0. The standard InChI is InChI=1S/C21H22N6O4/c1-26-19(28)16-8-3-4-9-17(16)27-18(24-25-20(26)27)13-22-14-6-5-7-15(12-14)23-21(29)31-11-10-30-2/h3-9,12,22H,10-11,13H2,1-2H3,(H,23,29). The molecule has 0 atom stereocenters. The van der Waals surface area contributed by atoms with Crippen molar-refractivity contribution < 1.29 is 14.3 Å². The Bertz CT molecular complexity index is 1300. The van der Waals surface area contributed by atoms with E-state index in [1.807, 2.05) is 34.7 Å². The molecule has 0 aliphatic heterocycles. The van der Waals surface area contributed by atoms with Crippen LogP contribution in [-0.2, 0) is 23.1 Å². The molecule has 10 nitrogen and oxygen atoms in total. The van der Waals surface area contributed by atoms with E-state index in [4.69, 9.17) is 9.47 Å². The van der Waals surface area contributed by atoms with Gasteiger partial charge in [0, 0.05) is 25.5 Å². The molecule has 0 radical (unpaired) electrons. The summed E-state index contributed by atoms with van der Waals surface area (Å²) in [5.74, 6) is 1.12. The molecule has 2 aromatic heterocycles. The first kappa shape index (κ1) is 20.4. The predicted molar refractivity (Wildman–Crippen MR) is 116 cm³/mol. The zero-order valence-corrected chi connectivity index (χ0v) is 17.2. The van der Waals surface area contributed by atoms with E-state index in [0.717, 1.165) is 11.2 Å². The van der Waals surface area contributed by atoms with Crippen molar-refractivity contribution >= 4 is 34.1 Å². The number of rotatable bonds is 7. The van der Waals surface area contributed by atoms with Gasteiger partial charge in [0.05, 0.1) is 24.1 Å². The fourth-order valence-corrected chi connectivity index (χ4v) is 3.27. The predicted octanol–water partition coefficient (Wildman–Crippen LogP) is 2.39. The SMILES string of the molecule is COCCOC(=O)Nc1cccc(NCc2nnc3n(C)c(=O)c4ccccc4n23)c1. The second kappa shape index (κ2) is 8.84. The lowest BCUT2D eigenvalue weighted by molar-refractivity contribution is 0.107. The topological polar surface area (TPSA) is 112 Å². The van der Waals surface area contributed by atoms with Gasteiger partial charge in [0.2, 0.25) is 5.78 Å². The van der Waals surface area contributed by atoms with Gasteiger partial charge in [0.25, 0.3) is 5.56 Å². The number of anilines is 2. The molecule has 4 rings (SSSR count). The van der Waals surface area contributed by atoms with Gasteiger partial charge in [-0.1, -0.05) is 18.2 Å². The van der Waals surface area contributed by atoms with Gasteiger partial charge in [-0.15, -0.1) is 10.2 Å². The van der Waals surface area contributed by atoms with E-state index in [2.05, 4.69) is 20.8 Å². The Morgan fingerprint density at radius 2 is 1.87 bits per heavy atom. The average Bonchev–Trinajstić information content (AvgIpc) is 3.21. The first-order valence-corrected chi connectivity index (χ1v) is 9.67. The van der Waals surface area contributed by atoms with E-state index in [9.17, 15) is 9.59 Å². The highest BCUT2D eigenvalue weighted by molar-refractivity contribution is 5.85. The van der Waals surface area contributed by atoms with Crippen LogP contribution in [0.2, 0.25) is 0 Å². The first-order valence-electron chi connectivity index (χ1n) is 9.67. The Hall–Kier alpha value is -3.92. The molecule has 0 saturated carbocycles. The van der Waals surface area contributed by atoms with Crippen LogP contribution in [0.5, 0.6) is 0 Å². The maximum atomic E-state index is 12.6. The normalized spacial score (nSPS) is 11.0. The fraction of sp³-hybridized carbons (Fsp3) is 0.238. The maximum Gasteiger partial charge on any atom is 0.411 e. The van der Waals surface area contributed by atoms with Gasteiger partial charge >= 0.3 is 6.09 Å². The summed E-state index contributed by atoms with van der Waals surface area (Å²) in [5, 5.41) is 15.0. The number of ether oxygens (including phenoxy) is 2. The number of benzene rings is 2. The minimum Gasteiger partial charge on any atom is -0.447 e. The summed E-state index contributed by atoms with van der Waals surface area (Å²) in [6, 6.07) is 14.6. The summed E-state index contributed by atoms with van der Waals surface area (Å²) in [4.78, 5) is 24.4. The molecular weight excluding hydrogens is 400 g/mol. The van der Waals surface area contributed by atoms with E-state index in [-0.39, 0.29) is 12.2 Å². The van der Waals surface area contributed by atoms with Crippen molar-refractivity contribution in [2.45, 2.75) is 6.54 Å². The number of nitrogens with one attached hydrogen (secondary N) is 2. The zero-order chi connectivity index (χ0) is 21.8. The third-order valence-corrected chi connectivity index (χ3v) is 4.77. The van der Waals surface area contributed by atoms with Crippen LogP contribution in [-0.4, -0.2) is 45.6 Å². The van der Waals surface area contributed by atoms with Crippen LogP contribution in [0.15, 0.2) is 53.3 Å². The quantitative estimate of drug-likeness (QED) is 0.440. The second-order valence-corrected chi connectivity index (χ2v) is 6.82. The summed E-state index contributed by atoms with van der Waals surface area (Å²) in [7, 11) is 3.22. The van der Waals surface area contributed by atoms with Gasteiger partial charge in [-0.25, -0.2) is 4.79 Å². The molecule has 0 saturated heterocycles. The smallest absolute Gasteiger partial charge is 0.411 e. The van der Waals surface area contributed by atoms with Crippen molar-refractivity contribution in [2.24, 2.45) is 7.05 Å². The van der Waals surface area contributed by atoms with Gasteiger partial charge in [-0.3, -0.25) is 19.1 Å². The zero-order valence-electron chi connectivity index (χ0n) is 17.2. The number of methoxy groups -OCH3 is 1. The molecule has 0 aliphatic rings. The molecule has 2 aromatic carbocycles. The molecule has 0 unspecified atom stereocenters. The molecule has 4 aromatic rings. The number of carbonyl (C=O) groups excluding carboxylic acids is 1. The van der Waals surface area contributed by atoms with Gasteiger partial charge in [0.15, 0.2) is 5.82 Å². The van der Waals surface area contributed by atoms with Crippen LogP contribution >= 0.6 is 0 Å². The molecule has 0 spiro atoms. The van der Waals surface area contributed by atoms with E-state index in [0.29, 0.717) is 35.8 Å². The monoisotopic (exact) mass is 422 g/mol. The molecule has 160 valence electrons. The van der Waals surface area contributed by atoms with Gasteiger partial charge in [0.1, 0.15) is 6.61 Å². The summed E-state index contributed by atoms with van der Waals surface area (Å²) in [6.45, 7) is 0.878. The van der Waals surface area contributed by atoms with Crippen molar-refractivity contribution in [1.29, 1.82) is 0 Å². The second-order valence-electron chi connectivity index (χ2n) is 6.82. The molecular formula is C21H22N6O4. The highest BCUT2D eigenvalue weighted by Gasteiger charge is 2.14. The van der Waals surface area contributed by atoms with Crippen molar-refractivity contribution in [3.63, 3.8) is 0 Å². The van der Waals surface area contributed by atoms with Crippen LogP contribution < -0.4 is 16.2 Å². The van der Waals surface area contributed by atoms with Crippen molar-refractivity contribution in [3.05, 3.63) is 64.7 Å². The summed E-state index contributed by atoms with van der Waals surface area (Å²) in [6.07, 6.45) is -0.551. The maximum absolute atomic E-state index is 12.6. The Kier molecular flexibility index (Phi) is 5.80. The number of aryl methyl sites for hydroxylation is 1. The molecule has 2 heterocycles. The molecule has 2 N–H and O–H groups in total. The van der Waals surface area contributed by atoms with Crippen LogP contribution in [0.3, 0.4) is 0 Å². The van der Waals surface area contributed by atoms with Crippen LogP contribution in [0.1, 0.15) is 5.82 Å². The molecule has 0 aliphatic carbocycles. The average molecular weight is 422 g/mol. The van der Waals surface area contributed by atoms with Gasteiger partial charge < -0.3 is 14.8 Å². The molecule has 1 amide bonds. The lowest BCUT2D eigenvalue weighted by Crippen LogP contribution is -2.20. The third-order valence-electron chi connectivity index (χ3n) is 4.77. The Morgan fingerprint density at radius 1 is 1.06 bits per heavy atom. The van der Waals surface area contributed by atoms with E-state index < -0.39 is 6.09 Å². The number of hydrogen-bond donors (Lipinski definition) is 2. The van der Waals surface area contributed by atoms with Crippen LogP contribution in [0, 0.1) is 0 Å². The van der Waals surface area contributed by atoms with Crippen LogP contribution in [0.4, 0.5) is 16.2 Å². The third kappa shape index (κ3) is 4.19. The minimum atomic E-state index is -0.551. The number of aromatic nitrogens is 4. The molecule has 31 heavy (non-hydrogen) atoms. The fourth-order valence-electron chi connectivity index (χ4n) is 3.27. The Morgan fingerprint density at radius 3 is 2.71 bits per heavy atom. The van der Waals surface area contributed by atoms with Crippen molar-refractivity contribution in [2.75, 3.05) is 31.0 Å². The molecule has 0 fully saturated rings. The highest BCUT2D eigenvalue weighted by atomic mass is 16.6. The lowest BCUT2D eigenvalue weighted by atomic mass is 10.2. The number of fused-ring (bicyclic) bond motifs is 3. The summed E-state index contributed by atoms with van der Waals surface area (Å²) < 4.78 is 13.2. The van der Waals surface area contributed by atoms with E-state index in [1.165, 1.54) is 11.7 Å². The van der Waals surface area contributed by atoms with E-state index in [1.54, 1.807) is 25.2 Å². The minimum absolute atomic E-state index is 0.119. The molecule has 10 heteroatoms. The first-order chi connectivity index (χ1) is 15.1. The lowest BCUT2D eigenvalue weighted by Gasteiger charge is -2.11. The van der Waals surface area contributed by atoms with Gasteiger partial charge in [-0.2, -0.15) is 0 Å². The van der Waals surface area contributed by atoms with Crippen molar-refractivity contribution in [3.8, 4) is 0 Å². The molecule has 0 bridgehead atoms. The number of para-hydroxylation sites is 1. The Balaban J connectivity index is 1.54. The number of carbonyl (C=O) groups is 1.